The van der Waals surface area contributed by atoms with Crippen LogP contribution in [-0.4, -0.2) is 33.8 Å². The maximum atomic E-state index is 12.0. The van der Waals surface area contributed by atoms with Crippen LogP contribution < -0.4 is 0 Å². The number of ketones is 1. The van der Waals surface area contributed by atoms with Crippen LogP contribution in [0.1, 0.15) is 20.9 Å². The van der Waals surface area contributed by atoms with E-state index in [1.54, 1.807) is 11.3 Å². The summed E-state index contributed by atoms with van der Waals surface area (Å²) < 4.78 is 1.89. The van der Waals surface area contributed by atoms with E-state index in [-0.39, 0.29) is 5.78 Å². The zero-order valence-electron chi connectivity index (χ0n) is 10.9. The number of hydrogen-bond acceptors (Lipinski definition) is 4. The molecule has 0 spiro atoms. The van der Waals surface area contributed by atoms with Crippen LogP contribution in [0.15, 0.2) is 24.0 Å². The molecule has 0 aliphatic carbocycles. The van der Waals surface area contributed by atoms with Crippen molar-refractivity contribution in [3.05, 3.63) is 40.1 Å². The van der Waals surface area contributed by atoms with Gasteiger partial charge in [-0.25, -0.2) is 4.98 Å². The Labute approximate surface area is 111 Å². The summed E-state index contributed by atoms with van der Waals surface area (Å²) in [7, 11) is 3.88. The fraction of sp³-hybridized carbons (Fsp3) is 0.385. The summed E-state index contributed by atoms with van der Waals surface area (Å²) >= 11 is 1.64. The van der Waals surface area contributed by atoms with Crippen LogP contribution in [-0.2, 0) is 13.6 Å². The van der Waals surface area contributed by atoms with Gasteiger partial charge in [-0.2, -0.15) is 0 Å². The standard InChI is InChI=1S/C13H17N3OS/c1-10-13(18-9-14-10)8-16(3)7-12(17)11-4-5-15(2)6-11/h4-6,9H,7-8H2,1-3H3. The van der Waals surface area contributed by atoms with Crippen LogP contribution in [0.3, 0.4) is 0 Å². The lowest BCUT2D eigenvalue weighted by Gasteiger charge is -2.14. The highest BCUT2D eigenvalue weighted by molar-refractivity contribution is 7.09. The summed E-state index contributed by atoms with van der Waals surface area (Å²) in [5.74, 6) is 0.153. The molecule has 2 heterocycles. The Kier molecular flexibility index (Phi) is 3.93. The summed E-state index contributed by atoms with van der Waals surface area (Å²) in [5.41, 5.74) is 3.67. The van der Waals surface area contributed by atoms with Crippen molar-refractivity contribution < 1.29 is 4.79 Å². The molecular weight excluding hydrogens is 246 g/mol. The van der Waals surface area contributed by atoms with E-state index in [1.165, 1.54) is 4.88 Å². The third-order valence-corrected chi connectivity index (χ3v) is 3.75. The molecule has 0 amide bonds. The summed E-state index contributed by atoms with van der Waals surface area (Å²) in [5, 5.41) is 0. The van der Waals surface area contributed by atoms with Gasteiger partial charge in [-0.3, -0.25) is 9.69 Å². The molecule has 5 heteroatoms. The van der Waals surface area contributed by atoms with Crippen molar-refractivity contribution >= 4 is 17.1 Å². The molecule has 0 atom stereocenters. The molecule has 0 saturated carbocycles. The largest absolute Gasteiger partial charge is 0.357 e. The first-order valence-corrected chi connectivity index (χ1v) is 6.67. The fourth-order valence-electron chi connectivity index (χ4n) is 1.78. The van der Waals surface area contributed by atoms with Gasteiger partial charge in [0, 0.05) is 36.4 Å². The Balaban J connectivity index is 1.93. The monoisotopic (exact) mass is 263 g/mol. The van der Waals surface area contributed by atoms with E-state index in [0.29, 0.717) is 6.54 Å². The zero-order chi connectivity index (χ0) is 13.1. The molecule has 0 aliphatic heterocycles. The van der Waals surface area contributed by atoms with Gasteiger partial charge in [-0.1, -0.05) is 0 Å². The van der Waals surface area contributed by atoms with Gasteiger partial charge in [0.2, 0.25) is 0 Å². The Hall–Kier alpha value is -1.46. The topological polar surface area (TPSA) is 38.1 Å². The van der Waals surface area contributed by atoms with Gasteiger partial charge >= 0.3 is 0 Å². The third kappa shape index (κ3) is 3.05. The zero-order valence-corrected chi connectivity index (χ0v) is 11.7. The Morgan fingerprint density at radius 1 is 1.56 bits per heavy atom. The average molecular weight is 263 g/mol. The molecule has 0 radical (unpaired) electrons. The summed E-state index contributed by atoms with van der Waals surface area (Å²) in [6.45, 7) is 3.20. The molecule has 2 aromatic rings. The Morgan fingerprint density at radius 2 is 2.33 bits per heavy atom. The number of aromatic nitrogens is 2. The summed E-state index contributed by atoms with van der Waals surface area (Å²) in [4.78, 5) is 19.5. The quantitative estimate of drug-likeness (QED) is 0.775. The highest BCUT2D eigenvalue weighted by Gasteiger charge is 2.12. The van der Waals surface area contributed by atoms with Crippen molar-refractivity contribution in [3.8, 4) is 0 Å². The molecule has 0 unspecified atom stereocenters. The average Bonchev–Trinajstić information content (AvgIpc) is 2.89. The lowest BCUT2D eigenvalue weighted by atomic mass is 10.2. The van der Waals surface area contributed by atoms with Gasteiger partial charge in [0.15, 0.2) is 5.78 Å². The van der Waals surface area contributed by atoms with Crippen LogP contribution in [0.4, 0.5) is 0 Å². The van der Waals surface area contributed by atoms with Crippen molar-refractivity contribution in [2.24, 2.45) is 7.05 Å². The summed E-state index contributed by atoms with van der Waals surface area (Å²) in [6, 6.07) is 1.86. The van der Waals surface area contributed by atoms with E-state index < -0.39 is 0 Å². The lowest BCUT2D eigenvalue weighted by Crippen LogP contribution is -2.25. The van der Waals surface area contributed by atoms with Crippen molar-refractivity contribution in [3.63, 3.8) is 0 Å². The van der Waals surface area contributed by atoms with Gasteiger partial charge in [0.1, 0.15) is 0 Å². The van der Waals surface area contributed by atoms with Crippen molar-refractivity contribution in [2.75, 3.05) is 13.6 Å². The van der Waals surface area contributed by atoms with Crippen molar-refractivity contribution in [2.45, 2.75) is 13.5 Å². The van der Waals surface area contributed by atoms with Crippen molar-refractivity contribution in [1.29, 1.82) is 0 Å². The van der Waals surface area contributed by atoms with Crippen LogP contribution >= 0.6 is 11.3 Å². The predicted octanol–water partition coefficient (Wildman–Crippen LogP) is 2.10. The van der Waals surface area contributed by atoms with E-state index in [4.69, 9.17) is 0 Å². The molecule has 0 saturated heterocycles. The Bertz CT molecular complexity index is 544. The first-order valence-electron chi connectivity index (χ1n) is 5.79. The molecule has 18 heavy (non-hydrogen) atoms. The number of rotatable bonds is 5. The SMILES string of the molecule is Cc1ncsc1CN(C)CC(=O)c1ccn(C)c1. The van der Waals surface area contributed by atoms with Gasteiger partial charge in [-0.15, -0.1) is 11.3 Å². The van der Waals surface area contributed by atoms with Gasteiger partial charge in [0.05, 0.1) is 17.7 Å². The molecule has 0 aliphatic rings. The smallest absolute Gasteiger partial charge is 0.178 e. The van der Waals surface area contributed by atoms with E-state index in [2.05, 4.69) is 4.98 Å². The molecule has 0 aromatic carbocycles. The number of carbonyl (C=O) groups excluding carboxylic acids is 1. The van der Waals surface area contributed by atoms with E-state index in [0.717, 1.165) is 17.8 Å². The minimum absolute atomic E-state index is 0.153. The minimum atomic E-state index is 0.153. The molecule has 0 N–H and O–H groups in total. The molecule has 96 valence electrons. The third-order valence-electron chi connectivity index (χ3n) is 2.83. The van der Waals surface area contributed by atoms with Crippen molar-refractivity contribution in [1.82, 2.24) is 14.5 Å². The molecule has 4 nitrogen and oxygen atoms in total. The Morgan fingerprint density at radius 3 is 2.89 bits per heavy atom. The second-order valence-electron chi connectivity index (χ2n) is 4.52. The lowest BCUT2D eigenvalue weighted by molar-refractivity contribution is 0.0943. The maximum Gasteiger partial charge on any atom is 0.178 e. The van der Waals surface area contributed by atoms with Crippen LogP contribution in [0, 0.1) is 6.92 Å². The number of hydrogen-bond donors (Lipinski definition) is 0. The number of thiazole rings is 1. The van der Waals surface area contributed by atoms with E-state index >= 15 is 0 Å². The number of nitrogens with zero attached hydrogens (tertiary/aromatic N) is 3. The fourth-order valence-corrected chi connectivity index (χ4v) is 2.64. The second kappa shape index (κ2) is 5.46. The van der Waals surface area contributed by atoms with Crippen LogP contribution in [0.2, 0.25) is 0 Å². The second-order valence-corrected chi connectivity index (χ2v) is 5.46. The van der Waals surface area contributed by atoms with E-state index in [9.17, 15) is 4.79 Å². The number of carbonyl (C=O) groups is 1. The summed E-state index contributed by atoms with van der Waals surface area (Å²) in [6.07, 6.45) is 3.74. The van der Waals surface area contributed by atoms with Gasteiger partial charge in [0.25, 0.3) is 0 Å². The highest BCUT2D eigenvalue weighted by atomic mass is 32.1. The molecule has 0 fully saturated rings. The van der Waals surface area contributed by atoms with Gasteiger partial charge in [-0.05, 0) is 20.0 Å². The maximum absolute atomic E-state index is 12.0. The number of Topliss-reactive ketones (excluding diaryl/α,β-unsaturated/α-hetero) is 1. The van der Waals surface area contributed by atoms with Crippen LogP contribution in [0.5, 0.6) is 0 Å². The van der Waals surface area contributed by atoms with Crippen LogP contribution in [0.25, 0.3) is 0 Å². The first kappa shape index (κ1) is 13.0. The molecule has 2 aromatic heterocycles. The predicted molar refractivity (Wildman–Crippen MR) is 72.9 cm³/mol. The molecule has 2 rings (SSSR count). The highest BCUT2D eigenvalue weighted by Crippen LogP contribution is 2.14. The normalized spacial score (nSPS) is 11.1. The number of likely N-dealkylation sites (N-methyl/N-ethyl adjacent to an activating group) is 1. The molecular formula is C13H17N3OS. The van der Waals surface area contributed by atoms with E-state index in [1.807, 2.05) is 54.5 Å². The molecule has 0 bridgehead atoms. The minimum Gasteiger partial charge on any atom is -0.357 e. The number of aryl methyl sites for hydroxylation is 2. The first-order chi connectivity index (χ1) is 8.56. The van der Waals surface area contributed by atoms with Gasteiger partial charge < -0.3 is 4.57 Å².